The third-order valence-electron chi connectivity index (χ3n) is 3.30. The summed E-state index contributed by atoms with van der Waals surface area (Å²) in [4.78, 5) is 33.6. The van der Waals surface area contributed by atoms with Gasteiger partial charge in [-0.25, -0.2) is 4.79 Å². The van der Waals surface area contributed by atoms with Gasteiger partial charge >= 0.3 is 18.0 Å². The van der Waals surface area contributed by atoms with E-state index in [2.05, 4.69) is 10.6 Å². The molecule has 1 fully saturated rings. The normalized spacial score (nSPS) is 21.2. The number of esters is 1. The number of nitrogens with one attached hydrogen (secondary N) is 2. The molecular formula is C13H22N2O5. The summed E-state index contributed by atoms with van der Waals surface area (Å²) >= 11 is 0. The van der Waals surface area contributed by atoms with Crippen LogP contribution < -0.4 is 10.6 Å². The maximum atomic E-state index is 11.6. The molecule has 0 aromatic heterocycles. The Labute approximate surface area is 118 Å². The lowest BCUT2D eigenvalue weighted by Gasteiger charge is -2.17. The Morgan fingerprint density at radius 2 is 2.05 bits per heavy atom. The Morgan fingerprint density at radius 1 is 1.30 bits per heavy atom. The zero-order valence-corrected chi connectivity index (χ0v) is 11.7. The van der Waals surface area contributed by atoms with E-state index < -0.39 is 11.9 Å². The summed E-state index contributed by atoms with van der Waals surface area (Å²) in [5.74, 6) is -1.65. The molecule has 7 heteroatoms. The first-order valence-electron chi connectivity index (χ1n) is 6.97. The molecule has 0 aromatic rings. The molecule has 0 aliphatic heterocycles. The molecular weight excluding hydrogens is 264 g/mol. The highest BCUT2D eigenvalue weighted by Crippen LogP contribution is 2.25. The number of rotatable bonds is 7. The van der Waals surface area contributed by atoms with Crippen molar-refractivity contribution in [2.75, 3.05) is 13.2 Å². The Balaban J connectivity index is 2.17. The van der Waals surface area contributed by atoms with Gasteiger partial charge in [-0.1, -0.05) is 6.42 Å². The molecule has 1 saturated carbocycles. The lowest BCUT2D eigenvalue weighted by Crippen LogP contribution is -2.45. The van der Waals surface area contributed by atoms with Crippen molar-refractivity contribution in [1.29, 1.82) is 0 Å². The summed E-state index contributed by atoms with van der Waals surface area (Å²) in [5.41, 5.74) is 0. The van der Waals surface area contributed by atoms with Gasteiger partial charge in [0, 0.05) is 19.0 Å². The van der Waals surface area contributed by atoms with Crippen LogP contribution in [0.3, 0.4) is 0 Å². The van der Waals surface area contributed by atoms with Crippen LogP contribution >= 0.6 is 0 Å². The first kappa shape index (κ1) is 16.3. The van der Waals surface area contributed by atoms with E-state index >= 15 is 0 Å². The number of ether oxygens (including phenoxy) is 1. The van der Waals surface area contributed by atoms with E-state index in [9.17, 15) is 14.4 Å². The average Bonchev–Trinajstić information content (AvgIpc) is 2.83. The van der Waals surface area contributed by atoms with Gasteiger partial charge in [-0.2, -0.15) is 0 Å². The molecule has 1 rings (SSSR count). The fraction of sp³-hybridized carbons (Fsp3) is 0.769. The molecule has 0 spiro atoms. The number of hydrogen-bond donors (Lipinski definition) is 3. The Bertz CT molecular complexity index is 359. The van der Waals surface area contributed by atoms with Gasteiger partial charge in [0.1, 0.15) is 0 Å². The number of hydrogen-bond acceptors (Lipinski definition) is 4. The van der Waals surface area contributed by atoms with Crippen molar-refractivity contribution < 1.29 is 24.2 Å². The third-order valence-corrected chi connectivity index (χ3v) is 3.30. The van der Waals surface area contributed by atoms with E-state index in [4.69, 9.17) is 9.84 Å². The maximum absolute atomic E-state index is 11.6. The summed E-state index contributed by atoms with van der Waals surface area (Å²) in [5, 5.41) is 14.3. The summed E-state index contributed by atoms with van der Waals surface area (Å²) in [6, 6.07) is -0.690. The van der Waals surface area contributed by atoms with Gasteiger partial charge in [0.15, 0.2) is 0 Å². The number of carboxylic acid groups (broad SMARTS) is 1. The highest BCUT2D eigenvalue weighted by Gasteiger charge is 2.33. The first-order chi connectivity index (χ1) is 9.54. The summed E-state index contributed by atoms with van der Waals surface area (Å²) in [6.07, 6.45) is 2.86. The van der Waals surface area contributed by atoms with Crippen molar-refractivity contribution in [3.05, 3.63) is 0 Å². The molecule has 1 aliphatic rings. The standard InChI is InChI=1S/C13H22N2O5/c1-2-20-11(16)7-4-8-14-13(19)15-10-6-3-5-9(10)12(17)18/h9-10H,2-8H2,1H3,(H,17,18)(H2,14,15,19). The Hall–Kier alpha value is -1.79. The SMILES string of the molecule is CCOC(=O)CCCNC(=O)NC1CCCC1C(=O)O. The second kappa shape index (κ2) is 8.39. The monoisotopic (exact) mass is 286 g/mol. The summed E-state index contributed by atoms with van der Waals surface area (Å²) in [7, 11) is 0. The molecule has 1 aliphatic carbocycles. The van der Waals surface area contributed by atoms with Crippen LogP contribution in [0.25, 0.3) is 0 Å². The predicted molar refractivity (Wildman–Crippen MR) is 71.2 cm³/mol. The van der Waals surface area contributed by atoms with Gasteiger partial charge in [-0.15, -0.1) is 0 Å². The van der Waals surface area contributed by atoms with E-state index in [1.165, 1.54) is 0 Å². The van der Waals surface area contributed by atoms with Crippen LogP contribution in [0.1, 0.15) is 39.0 Å². The highest BCUT2D eigenvalue weighted by atomic mass is 16.5. The average molecular weight is 286 g/mol. The van der Waals surface area contributed by atoms with Crippen molar-refractivity contribution in [2.24, 2.45) is 5.92 Å². The Kier molecular flexibility index (Phi) is 6.83. The van der Waals surface area contributed by atoms with Crippen molar-refractivity contribution in [1.82, 2.24) is 10.6 Å². The maximum Gasteiger partial charge on any atom is 0.315 e. The van der Waals surface area contributed by atoms with E-state index in [1.807, 2.05) is 0 Å². The molecule has 0 saturated heterocycles. The minimum Gasteiger partial charge on any atom is -0.481 e. The molecule has 114 valence electrons. The van der Waals surface area contributed by atoms with Gasteiger partial charge in [0.25, 0.3) is 0 Å². The van der Waals surface area contributed by atoms with E-state index in [0.717, 1.165) is 6.42 Å². The summed E-state index contributed by atoms with van der Waals surface area (Å²) < 4.78 is 4.76. The van der Waals surface area contributed by atoms with Crippen LogP contribution in [-0.4, -0.2) is 42.3 Å². The second-order valence-electron chi connectivity index (χ2n) is 4.79. The van der Waals surface area contributed by atoms with Crippen LogP contribution in [0.15, 0.2) is 0 Å². The third kappa shape index (κ3) is 5.46. The number of carbonyl (C=O) groups is 3. The lowest BCUT2D eigenvalue weighted by molar-refractivity contribution is -0.143. The van der Waals surface area contributed by atoms with Gasteiger partial charge in [0.05, 0.1) is 12.5 Å². The lowest BCUT2D eigenvalue weighted by atomic mass is 10.0. The van der Waals surface area contributed by atoms with Crippen molar-refractivity contribution in [2.45, 2.75) is 45.1 Å². The van der Waals surface area contributed by atoms with Gasteiger partial charge < -0.3 is 20.5 Å². The van der Waals surface area contributed by atoms with Gasteiger partial charge in [-0.3, -0.25) is 9.59 Å². The molecule has 2 atom stereocenters. The Morgan fingerprint density at radius 3 is 2.70 bits per heavy atom. The number of carbonyl (C=O) groups excluding carboxylic acids is 2. The molecule has 20 heavy (non-hydrogen) atoms. The quantitative estimate of drug-likeness (QED) is 0.476. The van der Waals surface area contributed by atoms with Crippen LogP contribution in [0.4, 0.5) is 4.79 Å². The second-order valence-corrected chi connectivity index (χ2v) is 4.79. The minimum atomic E-state index is -0.866. The first-order valence-corrected chi connectivity index (χ1v) is 6.97. The molecule has 3 N–H and O–H groups in total. The number of amides is 2. The van der Waals surface area contributed by atoms with Crippen molar-refractivity contribution >= 4 is 18.0 Å². The highest BCUT2D eigenvalue weighted by molar-refractivity contribution is 5.77. The van der Waals surface area contributed by atoms with Crippen molar-refractivity contribution in [3.8, 4) is 0 Å². The fourth-order valence-electron chi connectivity index (χ4n) is 2.32. The number of carboxylic acids is 1. The zero-order valence-electron chi connectivity index (χ0n) is 11.7. The van der Waals surface area contributed by atoms with Gasteiger partial charge in [0.2, 0.25) is 0 Å². The topological polar surface area (TPSA) is 105 Å². The van der Waals surface area contributed by atoms with Crippen LogP contribution in [0.5, 0.6) is 0 Å². The van der Waals surface area contributed by atoms with Crippen LogP contribution in [-0.2, 0) is 14.3 Å². The van der Waals surface area contributed by atoms with Crippen LogP contribution in [0.2, 0.25) is 0 Å². The van der Waals surface area contributed by atoms with E-state index in [0.29, 0.717) is 32.4 Å². The number of urea groups is 1. The zero-order chi connectivity index (χ0) is 15.0. The van der Waals surface area contributed by atoms with E-state index in [-0.39, 0.29) is 24.5 Å². The molecule has 0 radical (unpaired) electrons. The predicted octanol–water partition coefficient (Wildman–Crippen LogP) is 0.882. The molecule has 0 heterocycles. The number of aliphatic carboxylic acids is 1. The molecule has 0 bridgehead atoms. The molecule has 2 amide bonds. The van der Waals surface area contributed by atoms with E-state index in [1.54, 1.807) is 6.92 Å². The molecule has 0 aromatic carbocycles. The van der Waals surface area contributed by atoms with Crippen molar-refractivity contribution in [3.63, 3.8) is 0 Å². The largest absolute Gasteiger partial charge is 0.481 e. The molecule has 7 nitrogen and oxygen atoms in total. The fourth-order valence-corrected chi connectivity index (χ4v) is 2.32. The van der Waals surface area contributed by atoms with Gasteiger partial charge in [-0.05, 0) is 26.2 Å². The summed E-state index contributed by atoms with van der Waals surface area (Å²) in [6.45, 7) is 2.45. The minimum absolute atomic E-state index is 0.259. The molecule has 2 unspecified atom stereocenters. The van der Waals surface area contributed by atoms with Crippen LogP contribution in [0, 0.1) is 5.92 Å². The smallest absolute Gasteiger partial charge is 0.315 e.